The molecule has 1 fully saturated rings. The minimum atomic E-state index is -3.48. The van der Waals surface area contributed by atoms with Gasteiger partial charge in [-0.15, -0.1) is 24.0 Å². The summed E-state index contributed by atoms with van der Waals surface area (Å²) in [5, 5.41) is 11.6. The summed E-state index contributed by atoms with van der Waals surface area (Å²) in [4.78, 5) is 6.76. The molecule has 0 radical (unpaired) electrons. The Balaban J connectivity index is 0.00000338. The first-order valence-corrected chi connectivity index (χ1v) is 10.4. The quantitative estimate of drug-likeness (QED) is 0.299. The Labute approximate surface area is 173 Å². The molecule has 0 bridgehead atoms. The normalized spacial score (nSPS) is 21.3. The molecule has 0 spiro atoms. The molecule has 0 aliphatic carbocycles. The summed E-state index contributed by atoms with van der Waals surface area (Å²) < 4.78 is 22.1. The Morgan fingerprint density at radius 1 is 1.35 bits per heavy atom. The van der Waals surface area contributed by atoms with Gasteiger partial charge in [0, 0.05) is 31.7 Å². The van der Waals surface area contributed by atoms with Crippen molar-refractivity contribution < 1.29 is 8.42 Å². The maximum atomic E-state index is 11.0. The number of hydrogen-bond acceptors (Lipinski definition) is 4. The highest BCUT2D eigenvalue weighted by atomic mass is 127. The average Bonchev–Trinajstić information content (AvgIpc) is 2.87. The molecule has 0 saturated carbocycles. The second kappa shape index (κ2) is 11.1. The van der Waals surface area contributed by atoms with E-state index in [4.69, 9.17) is 5.14 Å². The van der Waals surface area contributed by atoms with Crippen LogP contribution in [0.15, 0.2) is 35.3 Å². The molecule has 2 rings (SSSR count). The largest absolute Gasteiger partial charge is 0.357 e. The maximum Gasteiger partial charge on any atom is 0.210 e. The van der Waals surface area contributed by atoms with Crippen LogP contribution in [0.3, 0.4) is 0 Å². The van der Waals surface area contributed by atoms with Gasteiger partial charge in [-0.2, -0.15) is 0 Å². The fraction of sp³-hybridized carbons (Fsp3) is 0.588. The van der Waals surface area contributed by atoms with E-state index in [2.05, 4.69) is 51.7 Å². The van der Waals surface area contributed by atoms with E-state index in [0.717, 1.165) is 26.1 Å². The van der Waals surface area contributed by atoms with E-state index in [9.17, 15) is 8.42 Å². The Kier molecular flexibility index (Phi) is 9.83. The van der Waals surface area contributed by atoms with Crippen molar-refractivity contribution in [3.05, 3.63) is 35.9 Å². The van der Waals surface area contributed by atoms with E-state index in [-0.39, 0.29) is 42.3 Å². The van der Waals surface area contributed by atoms with Crippen LogP contribution in [0.5, 0.6) is 0 Å². The number of hydrogen-bond donors (Lipinski definition) is 3. The van der Waals surface area contributed by atoms with Crippen LogP contribution in [0.4, 0.5) is 0 Å². The number of halogens is 1. The van der Waals surface area contributed by atoms with Crippen molar-refractivity contribution in [3.63, 3.8) is 0 Å². The van der Waals surface area contributed by atoms with E-state index in [1.54, 1.807) is 0 Å². The van der Waals surface area contributed by atoms with Gasteiger partial charge in [0.1, 0.15) is 0 Å². The molecule has 1 heterocycles. The van der Waals surface area contributed by atoms with Crippen LogP contribution in [0.2, 0.25) is 0 Å². The molecule has 4 N–H and O–H groups in total. The van der Waals surface area contributed by atoms with Gasteiger partial charge in [-0.3, -0.25) is 9.89 Å². The van der Waals surface area contributed by atoms with E-state index in [0.29, 0.717) is 12.0 Å². The van der Waals surface area contributed by atoms with Crippen molar-refractivity contribution in [2.24, 2.45) is 10.1 Å². The Morgan fingerprint density at radius 2 is 2.04 bits per heavy atom. The van der Waals surface area contributed by atoms with Gasteiger partial charge in [0.2, 0.25) is 10.0 Å². The molecule has 148 valence electrons. The third-order valence-electron chi connectivity index (χ3n) is 4.26. The van der Waals surface area contributed by atoms with Crippen molar-refractivity contribution in [3.8, 4) is 0 Å². The predicted octanol–water partition coefficient (Wildman–Crippen LogP) is 1.11. The summed E-state index contributed by atoms with van der Waals surface area (Å²) in [6, 6.07) is 11.2. The number of sulfonamides is 1. The predicted molar refractivity (Wildman–Crippen MR) is 117 cm³/mol. The summed E-state index contributed by atoms with van der Waals surface area (Å²) in [7, 11) is -3.48. The molecular formula is C17H30IN5O2S. The third-order valence-corrected chi connectivity index (χ3v) is 5.01. The Morgan fingerprint density at radius 3 is 2.65 bits per heavy atom. The van der Waals surface area contributed by atoms with Gasteiger partial charge < -0.3 is 10.6 Å². The average molecular weight is 495 g/mol. The maximum absolute atomic E-state index is 11.0. The lowest BCUT2D eigenvalue weighted by molar-refractivity contribution is 0.258. The highest BCUT2D eigenvalue weighted by Gasteiger charge is 2.29. The molecule has 0 aromatic heterocycles. The fourth-order valence-corrected chi connectivity index (χ4v) is 3.39. The second-order valence-corrected chi connectivity index (χ2v) is 8.20. The summed E-state index contributed by atoms with van der Waals surface area (Å²) >= 11 is 0. The van der Waals surface area contributed by atoms with Crippen molar-refractivity contribution in [1.29, 1.82) is 0 Å². The summed E-state index contributed by atoms with van der Waals surface area (Å²) in [5.41, 5.74) is 1.31. The number of benzene rings is 1. The van der Waals surface area contributed by atoms with Gasteiger partial charge in [-0.1, -0.05) is 30.3 Å². The lowest BCUT2D eigenvalue weighted by Gasteiger charge is -2.21. The first-order valence-electron chi connectivity index (χ1n) is 8.70. The first-order chi connectivity index (χ1) is 11.9. The zero-order chi connectivity index (χ0) is 18.3. The van der Waals surface area contributed by atoms with Crippen LogP contribution in [-0.2, 0) is 16.6 Å². The molecular weight excluding hydrogens is 465 g/mol. The van der Waals surface area contributed by atoms with E-state index < -0.39 is 10.0 Å². The molecule has 7 nitrogen and oxygen atoms in total. The zero-order valence-electron chi connectivity index (χ0n) is 15.4. The van der Waals surface area contributed by atoms with Gasteiger partial charge in [-0.25, -0.2) is 13.6 Å². The van der Waals surface area contributed by atoms with Crippen LogP contribution in [0.1, 0.15) is 25.8 Å². The highest BCUT2D eigenvalue weighted by molar-refractivity contribution is 14.0. The standard InChI is InChI=1S/C17H29N5O2S.HI/c1-3-19-17(20-9-10-25(18,23)24)21-16-11-14(2)22(13-16)12-15-7-5-4-6-8-15;/h4-8,14,16H,3,9-13H2,1-2H3,(H2,18,23,24)(H2,19,20,21);1H. The number of nitrogens with one attached hydrogen (secondary N) is 2. The monoisotopic (exact) mass is 495 g/mol. The van der Waals surface area contributed by atoms with E-state index >= 15 is 0 Å². The molecule has 1 aliphatic heterocycles. The second-order valence-electron chi connectivity index (χ2n) is 6.47. The van der Waals surface area contributed by atoms with Crippen molar-refractivity contribution in [2.75, 3.05) is 25.4 Å². The molecule has 1 aliphatic rings. The van der Waals surface area contributed by atoms with Crippen molar-refractivity contribution in [2.45, 2.75) is 38.9 Å². The molecule has 0 amide bonds. The summed E-state index contributed by atoms with van der Waals surface area (Å²) in [6.45, 7) is 6.95. The van der Waals surface area contributed by atoms with Crippen LogP contribution < -0.4 is 15.8 Å². The van der Waals surface area contributed by atoms with Crippen LogP contribution in [-0.4, -0.2) is 56.7 Å². The minimum absolute atomic E-state index is 0. The molecule has 2 atom stereocenters. The van der Waals surface area contributed by atoms with Gasteiger partial charge in [0.15, 0.2) is 5.96 Å². The number of likely N-dealkylation sites (tertiary alicyclic amines) is 1. The summed E-state index contributed by atoms with van der Waals surface area (Å²) in [6.07, 6.45) is 1.02. The Bertz CT molecular complexity index is 669. The molecule has 2 unspecified atom stereocenters. The fourth-order valence-electron chi connectivity index (χ4n) is 3.04. The number of rotatable bonds is 7. The molecule has 1 aromatic carbocycles. The number of aliphatic imine (C=N–C) groups is 1. The zero-order valence-corrected chi connectivity index (χ0v) is 18.5. The van der Waals surface area contributed by atoms with Gasteiger partial charge in [-0.05, 0) is 25.8 Å². The van der Waals surface area contributed by atoms with Crippen molar-refractivity contribution in [1.82, 2.24) is 15.5 Å². The minimum Gasteiger partial charge on any atom is -0.357 e. The third kappa shape index (κ3) is 8.19. The first kappa shape index (κ1) is 23.1. The van der Waals surface area contributed by atoms with Gasteiger partial charge in [0.05, 0.1) is 12.3 Å². The number of nitrogens with two attached hydrogens (primary N) is 1. The summed E-state index contributed by atoms with van der Waals surface area (Å²) in [5.74, 6) is 0.495. The molecule has 1 aromatic rings. The Hall–Kier alpha value is -0.910. The van der Waals surface area contributed by atoms with E-state index in [1.165, 1.54) is 5.56 Å². The van der Waals surface area contributed by atoms with Crippen LogP contribution >= 0.6 is 24.0 Å². The van der Waals surface area contributed by atoms with E-state index in [1.807, 2.05) is 13.0 Å². The van der Waals surface area contributed by atoms with Crippen molar-refractivity contribution >= 4 is 40.0 Å². The smallest absolute Gasteiger partial charge is 0.210 e. The van der Waals surface area contributed by atoms with Gasteiger partial charge >= 0.3 is 0 Å². The van der Waals surface area contributed by atoms with Crippen LogP contribution in [0, 0.1) is 0 Å². The lowest BCUT2D eigenvalue weighted by Crippen LogP contribution is -2.44. The number of nitrogens with zero attached hydrogens (tertiary/aromatic N) is 2. The lowest BCUT2D eigenvalue weighted by atomic mass is 10.2. The molecule has 1 saturated heterocycles. The number of primary sulfonamides is 1. The highest BCUT2D eigenvalue weighted by Crippen LogP contribution is 2.20. The molecule has 9 heteroatoms. The number of guanidine groups is 1. The molecule has 26 heavy (non-hydrogen) atoms. The topological polar surface area (TPSA) is 99.8 Å². The van der Waals surface area contributed by atoms with Gasteiger partial charge in [0.25, 0.3) is 0 Å². The van der Waals surface area contributed by atoms with Crippen LogP contribution in [0.25, 0.3) is 0 Å². The SMILES string of the molecule is CCNC(=NCCS(N)(=O)=O)NC1CC(C)N(Cc2ccccc2)C1.I.